The molecule has 0 aliphatic carbocycles. The highest BCUT2D eigenvalue weighted by Crippen LogP contribution is 2.26. The maximum atomic E-state index is 11.5. The van der Waals surface area contributed by atoms with Gasteiger partial charge in [-0.3, -0.25) is 4.79 Å². The van der Waals surface area contributed by atoms with E-state index >= 15 is 0 Å². The zero-order valence-corrected chi connectivity index (χ0v) is 7.02. The van der Waals surface area contributed by atoms with Crippen LogP contribution in [-0.4, -0.2) is 18.9 Å². The van der Waals surface area contributed by atoms with Crippen molar-refractivity contribution in [2.75, 3.05) is 13.1 Å². The fraction of sp³-hybridized carbons (Fsp3) is 0.667. The monoisotopic (exact) mass is 153 g/mol. The quantitative estimate of drug-likeness (QED) is 0.616. The molecule has 1 unspecified atom stereocenters. The van der Waals surface area contributed by atoms with Gasteiger partial charge in [0, 0.05) is 18.4 Å². The van der Waals surface area contributed by atoms with E-state index < -0.39 is 0 Å². The summed E-state index contributed by atoms with van der Waals surface area (Å²) in [5, 5.41) is 3.20. The summed E-state index contributed by atoms with van der Waals surface area (Å²) in [6.07, 6.45) is 3.17. The maximum Gasteiger partial charge on any atom is 0.143 e. The largest absolute Gasteiger partial charge is 0.316 e. The third-order valence-corrected chi connectivity index (χ3v) is 2.37. The number of hydrogen-bond donors (Lipinski definition) is 1. The van der Waals surface area contributed by atoms with E-state index in [9.17, 15) is 4.79 Å². The van der Waals surface area contributed by atoms with Gasteiger partial charge in [-0.2, -0.15) is 0 Å². The summed E-state index contributed by atoms with van der Waals surface area (Å²) in [5.74, 6) is 0.317. The molecular formula is C9H15NO. The van der Waals surface area contributed by atoms with Crippen molar-refractivity contribution in [1.82, 2.24) is 5.32 Å². The van der Waals surface area contributed by atoms with Crippen molar-refractivity contribution in [2.45, 2.75) is 19.8 Å². The van der Waals surface area contributed by atoms with Crippen molar-refractivity contribution in [3.8, 4) is 0 Å². The van der Waals surface area contributed by atoms with Crippen LogP contribution in [0.2, 0.25) is 0 Å². The van der Waals surface area contributed by atoms with Crippen molar-refractivity contribution >= 4 is 5.78 Å². The Morgan fingerprint density at radius 2 is 2.55 bits per heavy atom. The normalized spacial score (nSPS) is 30.3. The Kier molecular flexibility index (Phi) is 2.45. The Morgan fingerprint density at radius 3 is 3.00 bits per heavy atom. The zero-order chi connectivity index (χ0) is 8.32. The van der Waals surface area contributed by atoms with Gasteiger partial charge in [-0.25, -0.2) is 0 Å². The molecule has 1 fully saturated rings. The molecular weight excluding hydrogens is 138 g/mol. The van der Waals surface area contributed by atoms with Gasteiger partial charge in [0.15, 0.2) is 0 Å². The molecule has 1 heterocycles. The molecule has 0 aromatic carbocycles. The second-order valence-corrected chi connectivity index (χ2v) is 3.40. The molecule has 0 saturated carbocycles. The lowest BCUT2D eigenvalue weighted by atomic mass is 9.83. The molecule has 62 valence electrons. The molecule has 11 heavy (non-hydrogen) atoms. The van der Waals surface area contributed by atoms with Gasteiger partial charge in [0.1, 0.15) is 5.78 Å². The second kappa shape index (κ2) is 3.18. The Hall–Kier alpha value is -0.630. The fourth-order valence-electron chi connectivity index (χ4n) is 1.43. The summed E-state index contributed by atoms with van der Waals surface area (Å²) in [7, 11) is 0. The minimum atomic E-state index is -0.117. The van der Waals surface area contributed by atoms with E-state index in [4.69, 9.17) is 0 Å². The molecule has 2 heteroatoms. The second-order valence-electron chi connectivity index (χ2n) is 3.40. The van der Waals surface area contributed by atoms with Gasteiger partial charge < -0.3 is 5.32 Å². The van der Waals surface area contributed by atoms with Crippen LogP contribution in [0.15, 0.2) is 12.7 Å². The first-order valence-electron chi connectivity index (χ1n) is 4.04. The highest BCUT2D eigenvalue weighted by molar-refractivity contribution is 5.86. The summed E-state index contributed by atoms with van der Waals surface area (Å²) in [6.45, 7) is 7.39. The highest BCUT2D eigenvalue weighted by Gasteiger charge is 2.34. The minimum absolute atomic E-state index is 0.117. The van der Waals surface area contributed by atoms with Crippen molar-refractivity contribution in [3.63, 3.8) is 0 Å². The Labute approximate surface area is 67.7 Å². The average molecular weight is 153 g/mol. The summed E-state index contributed by atoms with van der Waals surface area (Å²) >= 11 is 0. The van der Waals surface area contributed by atoms with Gasteiger partial charge in [0.2, 0.25) is 0 Å². The first-order valence-corrected chi connectivity index (χ1v) is 4.04. The summed E-state index contributed by atoms with van der Waals surface area (Å²) < 4.78 is 0. The van der Waals surface area contributed by atoms with E-state index in [1.54, 1.807) is 6.08 Å². The van der Waals surface area contributed by atoms with Crippen molar-refractivity contribution in [2.24, 2.45) is 5.41 Å². The lowest BCUT2D eigenvalue weighted by Crippen LogP contribution is -2.29. The van der Waals surface area contributed by atoms with Crippen LogP contribution >= 0.6 is 0 Å². The number of allylic oxidation sites excluding steroid dienone is 1. The van der Waals surface area contributed by atoms with Crippen molar-refractivity contribution in [3.05, 3.63) is 12.7 Å². The SMILES string of the molecule is C=CCC(=O)C1(C)CCNC1. The van der Waals surface area contributed by atoms with Gasteiger partial charge >= 0.3 is 0 Å². The number of ketones is 1. The molecule has 1 saturated heterocycles. The van der Waals surface area contributed by atoms with E-state index in [1.807, 2.05) is 6.92 Å². The molecule has 0 aromatic heterocycles. The topological polar surface area (TPSA) is 29.1 Å². The zero-order valence-electron chi connectivity index (χ0n) is 7.02. The Balaban J connectivity index is 2.55. The number of carbonyl (C=O) groups excluding carboxylic acids is 1. The van der Waals surface area contributed by atoms with E-state index in [0.717, 1.165) is 19.5 Å². The van der Waals surface area contributed by atoms with Crippen LogP contribution in [0.3, 0.4) is 0 Å². The lowest BCUT2D eigenvalue weighted by molar-refractivity contribution is -0.126. The number of Topliss-reactive ketones (excluding diaryl/α,β-unsaturated/α-hetero) is 1. The van der Waals surface area contributed by atoms with Gasteiger partial charge in [0.25, 0.3) is 0 Å². The lowest BCUT2D eigenvalue weighted by Gasteiger charge is -2.19. The van der Waals surface area contributed by atoms with Gasteiger partial charge in [-0.1, -0.05) is 13.0 Å². The van der Waals surface area contributed by atoms with Crippen LogP contribution in [-0.2, 0) is 4.79 Å². The molecule has 1 N–H and O–H groups in total. The average Bonchev–Trinajstić information content (AvgIpc) is 2.38. The number of hydrogen-bond acceptors (Lipinski definition) is 2. The predicted octanol–water partition coefficient (Wildman–Crippen LogP) is 1.13. The predicted molar refractivity (Wildman–Crippen MR) is 45.4 cm³/mol. The molecule has 1 aliphatic heterocycles. The number of nitrogens with one attached hydrogen (secondary N) is 1. The molecule has 1 atom stereocenters. The van der Waals surface area contributed by atoms with Gasteiger partial charge in [-0.05, 0) is 13.0 Å². The Bertz CT molecular complexity index is 168. The van der Waals surface area contributed by atoms with E-state index in [-0.39, 0.29) is 5.41 Å². The van der Waals surface area contributed by atoms with Crippen LogP contribution < -0.4 is 5.32 Å². The molecule has 0 amide bonds. The molecule has 0 aromatic rings. The number of rotatable bonds is 3. The smallest absolute Gasteiger partial charge is 0.143 e. The Morgan fingerprint density at radius 1 is 1.82 bits per heavy atom. The third kappa shape index (κ3) is 1.69. The first kappa shape index (κ1) is 8.47. The molecule has 1 rings (SSSR count). The van der Waals surface area contributed by atoms with Crippen molar-refractivity contribution < 1.29 is 4.79 Å². The summed E-state index contributed by atoms with van der Waals surface area (Å²) in [5.41, 5.74) is -0.117. The van der Waals surface area contributed by atoms with Crippen LogP contribution in [0.25, 0.3) is 0 Å². The standard InChI is InChI=1S/C9H15NO/c1-3-4-8(11)9(2)5-6-10-7-9/h3,10H,1,4-7H2,2H3. The fourth-order valence-corrected chi connectivity index (χ4v) is 1.43. The summed E-state index contributed by atoms with van der Waals surface area (Å²) in [6, 6.07) is 0. The van der Waals surface area contributed by atoms with Crippen LogP contribution in [0.1, 0.15) is 19.8 Å². The van der Waals surface area contributed by atoms with Crippen LogP contribution in [0.4, 0.5) is 0 Å². The van der Waals surface area contributed by atoms with Gasteiger partial charge in [-0.15, -0.1) is 6.58 Å². The van der Waals surface area contributed by atoms with Gasteiger partial charge in [0.05, 0.1) is 0 Å². The first-order chi connectivity index (χ1) is 5.19. The van der Waals surface area contributed by atoms with E-state index in [0.29, 0.717) is 12.2 Å². The molecule has 0 bridgehead atoms. The molecule has 2 nitrogen and oxygen atoms in total. The van der Waals surface area contributed by atoms with E-state index in [2.05, 4.69) is 11.9 Å². The molecule has 0 spiro atoms. The maximum absolute atomic E-state index is 11.5. The van der Waals surface area contributed by atoms with Crippen molar-refractivity contribution in [1.29, 1.82) is 0 Å². The highest BCUT2D eigenvalue weighted by atomic mass is 16.1. The van der Waals surface area contributed by atoms with Crippen LogP contribution in [0.5, 0.6) is 0 Å². The molecule has 0 radical (unpaired) electrons. The number of carbonyl (C=O) groups is 1. The molecule has 1 aliphatic rings. The third-order valence-electron chi connectivity index (χ3n) is 2.37. The van der Waals surface area contributed by atoms with Crippen LogP contribution in [0, 0.1) is 5.41 Å². The van der Waals surface area contributed by atoms with E-state index in [1.165, 1.54) is 0 Å². The summed E-state index contributed by atoms with van der Waals surface area (Å²) in [4.78, 5) is 11.5. The minimum Gasteiger partial charge on any atom is -0.316 e.